The molecule has 2 nitrogen and oxygen atoms in total. The Balaban J connectivity index is 1.79. The van der Waals surface area contributed by atoms with Crippen LogP contribution in [-0.2, 0) is 4.74 Å². The molecule has 0 heterocycles. The number of rotatable bonds is 9. The number of hydrogen-bond donors (Lipinski definition) is 1. The second-order valence-electron chi connectivity index (χ2n) is 4.41. The largest absolute Gasteiger partial charge is 0.378 e. The molecule has 0 radical (unpaired) electrons. The van der Waals surface area contributed by atoms with E-state index in [9.17, 15) is 0 Å². The molecular formula is C12H25NO. The third kappa shape index (κ3) is 6.39. The highest BCUT2D eigenvalue weighted by Crippen LogP contribution is 2.18. The number of hydrogen-bond acceptors (Lipinski definition) is 2. The predicted molar refractivity (Wildman–Crippen MR) is 60.6 cm³/mol. The highest BCUT2D eigenvalue weighted by Gasteiger charge is 2.19. The van der Waals surface area contributed by atoms with Gasteiger partial charge in [0.05, 0.1) is 6.10 Å². The van der Waals surface area contributed by atoms with E-state index < -0.39 is 0 Å². The monoisotopic (exact) mass is 199 g/mol. The minimum Gasteiger partial charge on any atom is -0.378 e. The van der Waals surface area contributed by atoms with Crippen molar-refractivity contribution in [1.82, 2.24) is 5.32 Å². The highest BCUT2D eigenvalue weighted by molar-refractivity contribution is 4.80. The van der Waals surface area contributed by atoms with Crippen LogP contribution in [0.5, 0.6) is 0 Å². The SMILES string of the molecule is CCCCCOC(C)CCNC1CC1. The van der Waals surface area contributed by atoms with Gasteiger partial charge in [0.1, 0.15) is 0 Å². The van der Waals surface area contributed by atoms with Gasteiger partial charge in [0.25, 0.3) is 0 Å². The molecule has 0 bridgehead atoms. The fourth-order valence-electron chi connectivity index (χ4n) is 1.50. The molecule has 1 aliphatic rings. The lowest BCUT2D eigenvalue weighted by molar-refractivity contribution is 0.0578. The van der Waals surface area contributed by atoms with Crippen molar-refractivity contribution in [3.8, 4) is 0 Å². The first kappa shape index (κ1) is 12.0. The lowest BCUT2D eigenvalue weighted by atomic mass is 10.2. The molecule has 0 saturated heterocycles. The van der Waals surface area contributed by atoms with Crippen LogP contribution in [0.25, 0.3) is 0 Å². The Labute approximate surface area is 88.4 Å². The molecule has 1 saturated carbocycles. The van der Waals surface area contributed by atoms with Gasteiger partial charge in [0.2, 0.25) is 0 Å². The summed E-state index contributed by atoms with van der Waals surface area (Å²) in [7, 11) is 0. The third-order valence-corrected chi connectivity index (χ3v) is 2.71. The summed E-state index contributed by atoms with van der Waals surface area (Å²) in [6, 6.07) is 0.835. The fourth-order valence-corrected chi connectivity index (χ4v) is 1.50. The van der Waals surface area contributed by atoms with Gasteiger partial charge < -0.3 is 10.1 Å². The Kier molecular flexibility index (Phi) is 6.20. The topological polar surface area (TPSA) is 21.3 Å². The van der Waals surface area contributed by atoms with E-state index >= 15 is 0 Å². The van der Waals surface area contributed by atoms with E-state index in [4.69, 9.17) is 4.74 Å². The minimum atomic E-state index is 0.429. The summed E-state index contributed by atoms with van der Waals surface area (Å²) in [6.45, 7) is 6.47. The second kappa shape index (κ2) is 7.24. The lowest BCUT2D eigenvalue weighted by Crippen LogP contribution is -2.22. The molecule has 1 N–H and O–H groups in total. The van der Waals surface area contributed by atoms with Crippen molar-refractivity contribution in [2.45, 2.75) is 64.5 Å². The predicted octanol–water partition coefficient (Wildman–Crippen LogP) is 2.72. The number of nitrogens with one attached hydrogen (secondary N) is 1. The standard InChI is InChI=1S/C12H25NO/c1-3-4-5-10-14-11(2)8-9-13-12-6-7-12/h11-13H,3-10H2,1-2H3. The Morgan fingerprint density at radius 3 is 2.79 bits per heavy atom. The highest BCUT2D eigenvalue weighted by atomic mass is 16.5. The van der Waals surface area contributed by atoms with Crippen LogP contribution in [0.2, 0.25) is 0 Å². The maximum Gasteiger partial charge on any atom is 0.0559 e. The molecule has 0 amide bonds. The van der Waals surface area contributed by atoms with Crippen LogP contribution in [0.1, 0.15) is 52.4 Å². The summed E-state index contributed by atoms with van der Waals surface area (Å²) in [5.74, 6) is 0. The Hall–Kier alpha value is -0.0800. The average molecular weight is 199 g/mol. The Bertz CT molecular complexity index is 134. The van der Waals surface area contributed by atoms with Gasteiger partial charge in [-0.2, -0.15) is 0 Å². The fraction of sp³-hybridized carbons (Fsp3) is 1.00. The van der Waals surface area contributed by atoms with E-state index in [-0.39, 0.29) is 0 Å². The van der Waals surface area contributed by atoms with Crippen LogP contribution in [0, 0.1) is 0 Å². The first-order valence-electron chi connectivity index (χ1n) is 6.18. The lowest BCUT2D eigenvalue weighted by Gasteiger charge is -2.13. The summed E-state index contributed by atoms with van der Waals surface area (Å²) in [4.78, 5) is 0. The smallest absolute Gasteiger partial charge is 0.0559 e. The molecule has 1 fully saturated rings. The van der Waals surface area contributed by atoms with Gasteiger partial charge in [0.15, 0.2) is 0 Å². The molecule has 1 unspecified atom stereocenters. The van der Waals surface area contributed by atoms with Crippen molar-refractivity contribution in [3.05, 3.63) is 0 Å². The van der Waals surface area contributed by atoms with E-state index in [1.54, 1.807) is 0 Å². The molecule has 0 aromatic carbocycles. The van der Waals surface area contributed by atoms with Crippen LogP contribution in [0.15, 0.2) is 0 Å². The third-order valence-electron chi connectivity index (χ3n) is 2.71. The van der Waals surface area contributed by atoms with E-state index in [2.05, 4.69) is 19.2 Å². The first-order chi connectivity index (χ1) is 6.83. The van der Waals surface area contributed by atoms with Crippen LogP contribution < -0.4 is 5.32 Å². The molecule has 0 aromatic rings. The normalized spacial score (nSPS) is 18.4. The van der Waals surface area contributed by atoms with Crippen molar-refractivity contribution in [2.24, 2.45) is 0 Å². The zero-order valence-electron chi connectivity index (χ0n) is 9.72. The van der Waals surface area contributed by atoms with E-state index in [1.165, 1.54) is 32.1 Å². The summed E-state index contributed by atoms with van der Waals surface area (Å²) >= 11 is 0. The van der Waals surface area contributed by atoms with Gasteiger partial charge in [-0.3, -0.25) is 0 Å². The molecule has 0 spiro atoms. The van der Waals surface area contributed by atoms with Crippen molar-refractivity contribution in [2.75, 3.05) is 13.2 Å². The summed E-state index contributed by atoms with van der Waals surface area (Å²) in [5, 5.41) is 3.51. The quantitative estimate of drug-likeness (QED) is 0.576. The maximum absolute atomic E-state index is 5.71. The van der Waals surface area contributed by atoms with Crippen LogP contribution in [-0.4, -0.2) is 25.3 Å². The van der Waals surface area contributed by atoms with Gasteiger partial charge in [-0.05, 0) is 39.2 Å². The molecule has 84 valence electrons. The van der Waals surface area contributed by atoms with Crippen molar-refractivity contribution >= 4 is 0 Å². The molecule has 1 rings (SSSR count). The summed E-state index contributed by atoms with van der Waals surface area (Å²) in [5.41, 5.74) is 0. The average Bonchev–Trinajstić information content (AvgIpc) is 2.96. The molecule has 1 atom stereocenters. The van der Waals surface area contributed by atoms with Gasteiger partial charge in [-0.15, -0.1) is 0 Å². The summed E-state index contributed by atoms with van der Waals surface area (Å²) < 4.78 is 5.71. The van der Waals surface area contributed by atoms with Crippen molar-refractivity contribution < 1.29 is 4.74 Å². The Morgan fingerprint density at radius 1 is 1.36 bits per heavy atom. The number of unbranched alkanes of at least 4 members (excludes halogenated alkanes) is 2. The van der Waals surface area contributed by atoms with E-state index in [1.807, 2.05) is 0 Å². The van der Waals surface area contributed by atoms with Crippen LogP contribution >= 0.6 is 0 Å². The van der Waals surface area contributed by atoms with Crippen molar-refractivity contribution in [1.29, 1.82) is 0 Å². The minimum absolute atomic E-state index is 0.429. The number of ether oxygens (including phenoxy) is 1. The van der Waals surface area contributed by atoms with E-state index in [0.717, 1.165) is 25.6 Å². The van der Waals surface area contributed by atoms with Crippen LogP contribution in [0.3, 0.4) is 0 Å². The second-order valence-corrected chi connectivity index (χ2v) is 4.41. The maximum atomic E-state index is 5.71. The molecule has 2 heteroatoms. The molecule has 0 aromatic heterocycles. The van der Waals surface area contributed by atoms with Crippen molar-refractivity contribution in [3.63, 3.8) is 0 Å². The van der Waals surface area contributed by atoms with Gasteiger partial charge in [-0.25, -0.2) is 0 Å². The molecule has 14 heavy (non-hydrogen) atoms. The molecule has 0 aliphatic heterocycles. The van der Waals surface area contributed by atoms with Gasteiger partial charge in [-0.1, -0.05) is 19.8 Å². The van der Waals surface area contributed by atoms with Gasteiger partial charge >= 0.3 is 0 Å². The molecular weight excluding hydrogens is 174 g/mol. The zero-order chi connectivity index (χ0) is 10.2. The first-order valence-corrected chi connectivity index (χ1v) is 6.18. The van der Waals surface area contributed by atoms with Gasteiger partial charge in [0, 0.05) is 12.6 Å². The molecule has 1 aliphatic carbocycles. The van der Waals surface area contributed by atoms with E-state index in [0.29, 0.717) is 6.10 Å². The zero-order valence-corrected chi connectivity index (χ0v) is 9.72. The Morgan fingerprint density at radius 2 is 2.14 bits per heavy atom. The summed E-state index contributed by atoms with van der Waals surface area (Å²) in [6.07, 6.45) is 8.14. The van der Waals surface area contributed by atoms with Crippen LogP contribution in [0.4, 0.5) is 0 Å².